The van der Waals surface area contributed by atoms with Gasteiger partial charge in [0.1, 0.15) is 0 Å². The average molecular weight is 294 g/mol. The summed E-state index contributed by atoms with van der Waals surface area (Å²) < 4.78 is 88.3. The number of alkyl halides is 7. The molecule has 0 fully saturated rings. The minimum Gasteiger partial charge on any atom is -0.468 e. The van der Waals surface area contributed by atoms with E-state index in [0.29, 0.717) is 7.11 Å². The van der Waals surface area contributed by atoms with Crippen molar-refractivity contribution >= 4 is 18.4 Å². The SMILES string of the molecule is COC(=O)[C@H](N)C(F)(F)C(F)(F)C(F)(F)F.Cl. The van der Waals surface area contributed by atoms with E-state index >= 15 is 0 Å². The summed E-state index contributed by atoms with van der Waals surface area (Å²) in [6.45, 7) is 0. The molecule has 3 nitrogen and oxygen atoms in total. The molecular weight excluding hydrogens is 287 g/mol. The van der Waals surface area contributed by atoms with Gasteiger partial charge in [-0.05, 0) is 0 Å². The highest BCUT2D eigenvalue weighted by Gasteiger charge is 2.76. The molecule has 1 atom stereocenters. The molecule has 0 aromatic carbocycles. The van der Waals surface area contributed by atoms with Crippen LogP contribution in [0.3, 0.4) is 0 Å². The van der Waals surface area contributed by atoms with Gasteiger partial charge < -0.3 is 10.5 Å². The van der Waals surface area contributed by atoms with Gasteiger partial charge in [0.25, 0.3) is 0 Å². The molecule has 0 aromatic heterocycles. The molecule has 0 heterocycles. The third kappa shape index (κ3) is 3.12. The maximum Gasteiger partial charge on any atom is 0.459 e. The number of carbonyl (C=O) groups excluding carboxylic acids is 1. The summed E-state index contributed by atoms with van der Waals surface area (Å²) in [5, 5.41) is 0. The molecule has 0 bridgehead atoms. The monoisotopic (exact) mass is 293 g/mol. The Balaban J connectivity index is 0. The van der Waals surface area contributed by atoms with Gasteiger partial charge in [-0.25, -0.2) is 0 Å². The molecule has 0 rings (SSSR count). The lowest BCUT2D eigenvalue weighted by Crippen LogP contribution is -2.63. The first-order valence-electron chi connectivity index (χ1n) is 3.55. The van der Waals surface area contributed by atoms with Crippen molar-refractivity contribution in [2.45, 2.75) is 24.1 Å². The van der Waals surface area contributed by atoms with Gasteiger partial charge >= 0.3 is 24.0 Å². The molecule has 0 aliphatic rings. The second-order valence-electron chi connectivity index (χ2n) is 2.70. The Labute approximate surface area is 96.5 Å². The van der Waals surface area contributed by atoms with Crippen LogP contribution in [0.4, 0.5) is 30.7 Å². The fraction of sp³-hybridized carbons (Fsp3) is 0.833. The fourth-order valence-electron chi connectivity index (χ4n) is 0.659. The third-order valence-electron chi connectivity index (χ3n) is 1.62. The summed E-state index contributed by atoms with van der Waals surface area (Å²) in [5.41, 5.74) is 4.28. The molecule has 0 radical (unpaired) electrons. The van der Waals surface area contributed by atoms with Crippen molar-refractivity contribution in [3.8, 4) is 0 Å². The number of hydrogen-bond acceptors (Lipinski definition) is 3. The van der Waals surface area contributed by atoms with E-state index < -0.39 is 30.0 Å². The van der Waals surface area contributed by atoms with Crippen LogP contribution in [0.25, 0.3) is 0 Å². The lowest BCUT2D eigenvalue weighted by Gasteiger charge is -2.30. The summed E-state index contributed by atoms with van der Waals surface area (Å²) in [7, 11) is 0.518. The molecule has 0 saturated heterocycles. The van der Waals surface area contributed by atoms with E-state index in [-0.39, 0.29) is 12.4 Å². The first-order valence-corrected chi connectivity index (χ1v) is 3.55. The molecule has 0 aromatic rings. The van der Waals surface area contributed by atoms with Crippen molar-refractivity contribution in [3.05, 3.63) is 0 Å². The van der Waals surface area contributed by atoms with E-state index in [2.05, 4.69) is 10.5 Å². The van der Waals surface area contributed by atoms with Crippen molar-refractivity contribution in [3.63, 3.8) is 0 Å². The lowest BCUT2D eigenvalue weighted by molar-refractivity contribution is -0.357. The highest BCUT2D eigenvalue weighted by molar-refractivity contribution is 5.85. The number of nitrogens with two attached hydrogens (primary N) is 1. The number of carbonyl (C=O) groups is 1. The predicted octanol–water partition coefficient (Wildman–Crippen LogP) is 1.74. The molecule has 0 spiro atoms. The molecule has 17 heavy (non-hydrogen) atoms. The summed E-state index contributed by atoms with van der Waals surface area (Å²) in [6, 6.07) is -3.41. The van der Waals surface area contributed by atoms with Gasteiger partial charge in [0.05, 0.1) is 7.11 Å². The maximum absolute atomic E-state index is 12.6. The van der Waals surface area contributed by atoms with Gasteiger partial charge in [0.15, 0.2) is 6.04 Å². The van der Waals surface area contributed by atoms with Crippen LogP contribution < -0.4 is 5.73 Å². The Morgan fingerprint density at radius 2 is 1.47 bits per heavy atom. The summed E-state index contributed by atoms with van der Waals surface area (Å²) >= 11 is 0. The van der Waals surface area contributed by atoms with Crippen LogP contribution in [0.1, 0.15) is 0 Å². The molecule has 104 valence electrons. The van der Waals surface area contributed by atoms with Crippen LogP contribution in [-0.2, 0) is 9.53 Å². The molecule has 0 aliphatic heterocycles. The van der Waals surface area contributed by atoms with Crippen LogP contribution in [0.2, 0.25) is 0 Å². The topological polar surface area (TPSA) is 52.3 Å². The molecule has 11 heteroatoms. The molecule has 0 unspecified atom stereocenters. The quantitative estimate of drug-likeness (QED) is 0.637. The van der Waals surface area contributed by atoms with E-state index in [0.717, 1.165) is 0 Å². The normalized spacial score (nSPS) is 14.9. The maximum atomic E-state index is 12.6. The zero-order chi connectivity index (χ0) is 13.4. The van der Waals surface area contributed by atoms with Crippen LogP contribution in [-0.4, -0.2) is 37.1 Å². The lowest BCUT2D eigenvalue weighted by atomic mass is 10.0. The van der Waals surface area contributed by atoms with Gasteiger partial charge in [0, 0.05) is 0 Å². The van der Waals surface area contributed by atoms with Gasteiger partial charge in [0.2, 0.25) is 0 Å². The number of ether oxygens (including phenoxy) is 1. The zero-order valence-electron chi connectivity index (χ0n) is 8.03. The van der Waals surface area contributed by atoms with Crippen molar-refractivity contribution in [1.82, 2.24) is 0 Å². The number of methoxy groups -OCH3 is 1. The molecule has 0 aliphatic carbocycles. The predicted molar refractivity (Wildman–Crippen MR) is 43.2 cm³/mol. The summed E-state index contributed by atoms with van der Waals surface area (Å²) in [5.74, 6) is -14.3. The molecule has 0 amide bonds. The van der Waals surface area contributed by atoms with Crippen molar-refractivity contribution < 1.29 is 40.3 Å². The Hall–Kier alpha value is -0.770. The fourth-order valence-corrected chi connectivity index (χ4v) is 0.659. The number of rotatable bonds is 3. The average Bonchev–Trinajstić information content (AvgIpc) is 2.13. The van der Waals surface area contributed by atoms with E-state index in [4.69, 9.17) is 0 Å². The minimum atomic E-state index is -6.53. The highest BCUT2D eigenvalue weighted by Crippen LogP contribution is 2.47. The summed E-state index contributed by atoms with van der Waals surface area (Å²) in [6.07, 6.45) is -6.53. The van der Waals surface area contributed by atoms with E-state index in [1.165, 1.54) is 0 Å². The minimum absolute atomic E-state index is 0. The van der Waals surface area contributed by atoms with Gasteiger partial charge in [-0.2, -0.15) is 30.7 Å². The molecule has 2 N–H and O–H groups in total. The van der Waals surface area contributed by atoms with Crippen molar-refractivity contribution in [2.24, 2.45) is 5.73 Å². The number of hydrogen-bond donors (Lipinski definition) is 1. The first kappa shape index (κ1) is 18.6. The van der Waals surface area contributed by atoms with Crippen molar-refractivity contribution in [2.75, 3.05) is 7.11 Å². The van der Waals surface area contributed by atoms with E-state index in [1.54, 1.807) is 0 Å². The number of halogens is 8. The largest absolute Gasteiger partial charge is 0.468 e. The van der Waals surface area contributed by atoms with E-state index in [9.17, 15) is 35.5 Å². The Morgan fingerprint density at radius 1 is 1.12 bits per heavy atom. The zero-order valence-corrected chi connectivity index (χ0v) is 8.84. The van der Waals surface area contributed by atoms with Crippen LogP contribution in [0, 0.1) is 0 Å². The van der Waals surface area contributed by atoms with Crippen LogP contribution in [0.15, 0.2) is 0 Å². The molecule has 0 saturated carbocycles. The Kier molecular flexibility index (Phi) is 5.74. The standard InChI is InChI=1S/C6H6F7NO2.ClH/c1-16-3(15)2(14)4(7,8)5(9,10)6(11,12)13;/h2H,14H2,1H3;1H/t2-;/m0./s1. The second-order valence-corrected chi connectivity index (χ2v) is 2.70. The van der Waals surface area contributed by atoms with Gasteiger partial charge in [-0.1, -0.05) is 0 Å². The van der Waals surface area contributed by atoms with Crippen LogP contribution in [0.5, 0.6) is 0 Å². The summed E-state index contributed by atoms with van der Waals surface area (Å²) in [4.78, 5) is 10.4. The smallest absolute Gasteiger partial charge is 0.459 e. The third-order valence-corrected chi connectivity index (χ3v) is 1.62. The second kappa shape index (κ2) is 5.25. The van der Waals surface area contributed by atoms with Crippen LogP contribution >= 0.6 is 12.4 Å². The first-order chi connectivity index (χ1) is 6.89. The van der Waals surface area contributed by atoms with Gasteiger partial charge in [-0.3, -0.25) is 4.79 Å². The number of esters is 1. The Bertz CT molecular complexity index is 280. The van der Waals surface area contributed by atoms with Gasteiger partial charge in [-0.15, -0.1) is 12.4 Å². The molecular formula is C6H7ClF7NO2. The van der Waals surface area contributed by atoms with Crippen molar-refractivity contribution in [1.29, 1.82) is 0 Å². The Morgan fingerprint density at radius 3 is 1.71 bits per heavy atom. The highest BCUT2D eigenvalue weighted by atomic mass is 35.5. The van der Waals surface area contributed by atoms with E-state index in [1.807, 2.05) is 0 Å².